The van der Waals surface area contributed by atoms with E-state index in [4.69, 9.17) is 0 Å². The lowest BCUT2D eigenvalue weighted by molar-refractivity contribution is 1.11. The molecule has 0 aliphatic heterocycles. The summed E-state index contributed by atoms with van der Waals surface area (Å²) in [4.78, 5) is 10.9. The van der Waals surface area contributed by atoms with Crippen molar-refractivity contribution in [2.24, 2.45) is 0 Å². The highest BCUT2D eigenvalue weighted by atomic mass is 32.1. The van der Waals surface area contributed by atoms with Crippen molar-refractivity contribution < 1.29 is 0 Å². The summed E-state index contributed by atoms with van der Waals surface area (Å²) in [5, 5.41) is 0.963. The van der Waals surface area contributed by atoms with Gasteiger partial charge >= 0.3 is 0 Å². The summed E-state index contributed by atoms with van der Waals surface area (Å²) in [6.07, 6.45) is 1.79. The molecular weight excluding hydrogens is 230 g/mol. The molecule has 0 saturated carbocycles. The van der Waals surface area contributed by atoms with Crippen LogP contribution in [0.2, 0.25) is 0 Å². The average Bonchev–Trinajstić information content (AvgIpc) is 2.82. The van der Waals surface area contributed by atoms with Gasteiger partial charge in [-0.05, 0) is 24.3 Å². The van der Waals surface area contributed by atoms with E-state index in [1.807, 2.05) is 48.3 Å². The van der Waals surface area contributed by atoms with Crippen LogP contribution >= 0.6 is 11.3 Å². The van der Waals surface area contributed by atoms with E-state index in [-0.39, 0.29) is 0 Å². The molecule has 0 spiro atoms. The molecular formula is C13H11N3S. The smallest absolute Gasteiger partial charge is 0.191 e. The minimum Gasteiger partial charge on any atom is -0.305 e. The Labute approximate surface area is 103 Å². The van der Waals surface area contributed by atoms with E-state index in [9.17, 15) is 0 Å². The Balaban J connectivity index is 2.04. The zero-order valence-corrected chi connectivity index (χ0v) is 10.2. The van der Waals surface area contributed by atoms with Gasteiger partial charge in [0.25, 0.3) is 0 Å². The van der Waals surface area contributed by atoms with Crippen molar-refractivity contribution in [2.75, 3.05) is 11.9 Å². The average molecular weight is 241 g/mol. The second kappa shape index (κ2) is 4.14. The van der Waals surface area contributed by atoms with Gasteiger partial charge in [-0.3, -0.25) is 0 Å². The van der Waals surface area contributed by atoms with Gasteiger partial charge in [0.2, 0.25) is 0 Å². The van der Waals surface area contributed by atoms with E-state index in [2.05, 4.69) is 16.0 Å². The Bertz CT molecular complexity index is 600. The Morgan fingerprint density at radius 3 is 2.65 bits per heavy atom. The molecule has 0 saturated heterocycles. The zero-order chi connectivity index (χ0) is 11.7. The highest BCUT2D eigenvalue weighted by molar-refractivity contribution is 7.22. The van der Waals surface area contributed by atoms with Crippen molar-refractivity contribution in [1.82, 2.24) is 9.97 Å². The molecule has 1 aromatic carbocycles. The number of hydrogen-bond acceptors (Lipinski definition) is 4. The third-order valence-corrected chi connectivity index (χ3v) is 3.68. The number of benzene rings is 1. The van der Waals surface area contributed by atoms with Gasteiger partial charge in [0, 0.05) is 13.2 Å². The molecule has 0 aliphatic rings. The van der Waals surface area contributed by atoms with E-state index in [1.54, 1.807) is 17.5 Å². The van der Waals surface area contributed by atoms with Crippen molar-refractivity contribution in [1.29, 1.82) is 0 Å². The van der Waals surface area contributed by atoms with Gasteiger partial charge in [-0.2, -0.15) is 0 Å². The van der Waals surface area contributed by atoms with E-state index in [0.717, 1.165) is 16.5 Å². The van der Waals surface area contributed by atoms with Crippen LogP contribution in [0.15, 0.2) is 48.7 Å². The summed E-state index contributed by atoms with van der Waals surface area (Å²) in [5.41, 5.74) is 1.04. The van der Waals surface area contributed by atoms with Gasteiger partial charge < -0.3 is 4.90 Å². The lowest BCUT2D eigenvalue weighted by atomic mass is 10.3. The molecule has 4 heteroatoms. The summed E-state index contributed by atoms with van der Waals surface area (Å²) in [7, 11) is 1.99. The molecule has 0 aliphatic carbocycles. The Morgan fingerprint density at radius 2 is 1.88 bits per heavy atom. The normalized spacial score (nSPS) is 10.6. The van der Waals surface area contributed by atoms with Crippen LogP contribution in [0.5, 0.6) is 0 Å². The molecule has 0 amide bonds. The molecule has 0 bridgehead atoms. The molecule has 3 rings (SSSR count). The van der Waals surface area contributed by atoms with E-state index in [1.165, 1.54) is 4.70 Å². The summed E-state index contributed by atoms with van der Waals surface area (Å²) < 4.78 is 1.20. The number of anilines is 2. The number of thiazole rings is 1. The number of para-hydroxylation sites is 1. The second-order valence-electron chi connectivity index (χ2n) is 3.71. The first-order valence-corrected chi connectivity index (χ1v) is 6.16. The predicted molar refractivity (Wildman–Crippen MR) is 71.9 cm³/mol. The zero-order valence-electron chi connectivity index (χ0n) is 9.37. The first kappa shape index (κ1) is 10.2. The van der Waals surface area contributed by atoms with Gasteiger partial charge in [-0.1, -0.05) is 29.5 Å². The molecule has 0 radical (unpaired) electrons. The van der Waals surface area contributed by atoms with Crippen LogP contribution in [0.3, 0.4) is 0 Å². The predicted octanol–water partition coefficient (Wildman–Crippen LogP) is 3.46. The van der Waals surface area contributed by atoms with Crippen LogP contribution < -0.4 is 4.90 Å². The SMILES string of the molecule is CN(c1ccccn1)c1nc2ccccc2s1. The Hall–Kier alpha value is -1.94. The number of nitrogens with zero attached hydrogens (tertiary/aromatic N) is 3. The minimum absolute atomic E-state index is 0.909. The van der Waals surface area contributed by atoms with Crippen LogP contribution in [-0.4, -0.2) is 17.0 Å². The van der Waals surface area contributed by atoms with Gasteiger partial charge in [0.1, 0.15) is 5.82 Å². The highest BCUT2D eigenvalue weighted by Gasteiger charge is 2.09. The van der Waals surface area contributed by atoms with Crippen LogP contribution in [0, 0.1) is 0 Å². The lowest BCUT2D eigenvalue weighted by Crippen LogP contribution is -2.10. The third-order valence-electron chi connectivity index (χ3n) is 2.56. The number of pyridine rings is 1. The number of hydrogen-bond donors (Lipinski definition) is 0. The van der Waals surface area contributed by atoms with Crippen LogP contribution in [0.25, 0.3) is 10.2 Å². The number of fused-ring (bicyclic) bond motifs is 1. The van der Waals surface area contributed by atoms with Crippen molar-refractivity contribution in [3.05, 3.63) is 48.7 Å². The van der Waals surface area contributed by atoms with Crippen molar-refractivity contribution >= 4 is 32.5 Å². The van der Waals surface area contributed by atoms with Crippen LogP contribution in [-0.2, 0) is 0 Å². The highest BCUT2D eigenvalue weighted by Crippen LogP contribution is 2.30. The maximum absolute atomic E-state index is 4.59. The van der Waals surface area contributed by atoms with Crippen LogP contribution in [0.4, 0.5) is 10.9 Å². The van der Waals surface area contributed by atoms with Crippen molar-refractivity contribution in [3.63, 3.8) is 0 Å². The molecule has 17 heavy (non-hydrogen) atoms. The van der Waals surface area contributed by atoms with E-state index in [0.29, 0.717) is 0 Å². The summed E-state index contributed by atoms with van der Waals surface area (Å²) in [6, 6.07) is 14.0. The summed E-state index contributed by atoms with van der Waals surface area (Å²) in [6.45, 7) is 0. The monoisotopic (exact) mass is 241 g/mol. The molecule has 3 nitrogen and oxygen atoms in total. The third kappa shape index (κ3) is 1.87. The largest absolute Gasteiger partial charge is 0.305 e. The summed E-state index contributed by atoms with van der Waals surface area (Å²) >= 11 is 1.68. The Morgan fingerprint density at radius 1 is 1.06 bits per heavy atom. The molecule has 0 atom stereocenters. The molecule has 0 N–H and O–H groups in total. The van der Waals surface area contributed by atoms with Gasteiger partial charge in [-0.25, -0.2) is 9.97 Å². The quantitative estimate of drug-likeness (QED) is 0.688. The second-order valence-corrected chi connectivity index (χ2v) is 4.72. The topological polar surface area (TPSA) is 29.0 Å². The maximum Gasteiger partial charge on any atom is 0.191 e. The van der Waals surface area contributed by atoms with Gasteiger partial charge in [0.05, 0.1) is 10.2 Å². The Kier molecular flexibility index (Phi) is 2.49. The van der Waals surface area contributed by atoms with E-state index < -0.39 is 0 Å². The number of aromatic nitrogens is 2. The van der Waals surface area contributed by atoms with Gasteiger partial charge in [0.15, 0.2) is 5.13 Å². The first-order chi connectivity index (χ1) is 8.34. The van der Waals surface area contributed by atoms with Crippen molar-refractivity contribution in [2.45, 2.75) is 0 Å². The fourth-order valence-electron chi connectivity index (χ4n) is 1.65. The van der Waals surface area contributed by atoms with E-state index >= 15 is 0 Å². The van der Waals surface area contributed by atoms with Gasteiger partial charge in [-0.15, -0.1) is 0 Å². The van der Waals surface area contributed by atoms with Crippen molar-refractivity contribution in [3.8, 4) is 0 Å². The number of rotatable bonds is 2. The molecule has 84 valence electrons. The first-order valence-electron chi connectivity index (χ1n) is 5.35. The molecule has 0 unspecified atom stereocenters. The maximum atomic E-state index is 4.59. The van der Waals surface area contributed by atoms with Crippen LogP contribution in [0.1, 0.15) is 0 Å². The fourth-order valence-corrected chi connectivity index (χ4v) is 2.59. The summed E-state index contributed by atoms with van der Waals surface area (Å²) in [5.74, 6) is 0.909. The standard InChI is InChI=1S/C13H11N3S/c1-16(12-8-4-5-9-14-12)13-15-10-6-2-3-7-11(10)17-13/h2-9H,1H3. The lowest BCUT2D eigenvalue weighted by Gasteiger charge is -2.13. The fraction of sp³-hybridized carbons (Fsp3) is 0.0769. The molecule has 2 aromatic heterocycles. The molecule has 2 heterocycles. The molecule has 3 aromatic rings. The molecule has 0 fully saturated rings. The minimum atomic E-state index is 0.909.